The lowest BCUT2D eigenvalue weighted by molar-refractivity contribution is -0.148. The Hall–Kier alpha value is -0.360. The van der Waals surface area contributed by atoms with Crippen molar-refractivity contribution in [1.82, 2.24) is 4.90 Å². The van der Waals surface area contributed by atoms with Crippen LogP contribution >= 0.6 is 21.6 Å². The van der Waals surface area contributed by atoms with Crippen LogP contribution in [0.25, 0.3) is 0 Å². The molecule has 15 heavy (non-hydrogen) atoms. The highest BCUT2D eigenvalue weighted by atomic mass is 33.1. The lowest BCUT2D eigenvalue weighted by Gasteiger charge is -2.22. The second kappa shape index (κ2) is 7.00. The van der Waals surface area contributed by atoms with Gasteiger partial charge in [-0.1, -0.05) is 28.5 Å². The minimum atomic E-state index is -0.976. The first-order valence-electron chi connectivity index (χ1n) is 4.58. The number of rotatable bonds is 6. The molecular formula is C9H17NO3S2. The Labute approximate surface area is 98.2 Å². The lowest BCUT2D eigenvalue weighted by atomic mass is 10.2. The summed E-state index contributed by atoms with van der Waals surface area (Å²) < 4.78 is 0. The Morgan fingerprint density at radius 2 is 1.93 bits per heavy atom. The first kappa shape index (κ1) is 14.6. The number of amides is 1. The third-order valence-electron chi connectivity index (χ3n) is 2.05. The SMILES string of the molecule is CSSC(C)CC(=O)N(C)[C@@H](C)C(=O)O. The Morgan fingerprint density at radius 1 is 1.40 bits per heavy atom. The summed E-state index contributed by atoms with van der Waals surface area (Å²) in [6.45, 7) is 3.46. The maximum absolute atomic E-state index is 11.6. The molecule has 0 aromatic carbocycles. The summed E-state index contributed by atoms with van der Waals surface area (Å²) in [7, 11) is 4.75. The van der Waals surface area contributed by atoms with Gasteiger partial charge in [0.1, 0.15) is 6.04 Å². The zero-order valence-electron chi connectivity index (χ0n) is 9.39. The molecule has 1 N–H and O–H groups in total. The quantitative estimate of drug-likeness (QED) is 0.728. The van der Waals surface area contributed by atoms with E-state index in [-0.39, 0.29) is 11.2 Å². The molecule has 0 fully saturated rings. The third-order valence-corrected chi connectivity index (χ3v) is 4.30. The molecule has 0 bridgehead atoms. The molecule has 0 rings (SSSR count). The Kier molecular flexibility index (Phi) is 6.84. The van der Waals surface area contributed by atoms with Crippen LogP contribution in [-0.2, 0) is 9.59 Å². The van der Waals surface area contributed by atoms with Crippen LogP contribution in [0.2, 0.25) is 0 Å². The molecule has 4 nitrogen and oxygen atoms in total. The van der Waals surface area contributed by atoms with E-state index in [2.05, 4.69) is 0 Å². The first-order chi connectivity index (χ1) is 6.90. The number of likely N-dealkylation sites (N-methyl/N-ethyl adjacent to an activating group) is 1. The molecular weight excluding hydrogens is 234 g/mol. The van der Waals surface area contributed by atoms with Crippen molar-refractivity contribution in [3.8, 4) is 0 Å². The van der Waals surface area contributed by atoms with E-state index in [4.69, 9.17) is 5.11 Å². The summed E-state index contributed by atoms with van der Waals surface area (Å²) in [6.07, 6.45) is 2.33. The molecule has 0 aliphatic heterocycles. The maximum atomic E-state index is 11.6. The highest BCUT2D eigenvalue weighted by Crippen LogP contribution is 2.25. The molecule has 1 amide bonds. The van der Waals surface area contributed by atoms with Gasteiger partial charge in [-0.25, -0.2) is 4.79 Å². The van der Waals surface area contributed by atoms with Gasteiger partial charge in [-0.05, 0) is 13.2 Å². The van der Waals surface area contributed by atoms with Crippen molar-refractivity contribution in [1.29, 1.82) is 0 Å². The van der Waals surface area contributed by atoms with Crippen LogP contribution in [0, 0.1) is 0 Å². The highest BCUT2D eigenvalue weighted by molar-refractivity contribution is 8.76. The van der Waals surface area contributed by atoms with E-state index < -0.39 is 12.0 Å². The molecule has 1 unspecified atom stereocenters. The molecule has 0 aromatic heterocycles. The average molecular weight is 251 g/mol. The monoisotopic (exact) mass is 251 g/mol. The highest BCUT2D eigenvalue weighted by Gasteiger charge is 2.22. The molecule has 0 aliphatic carbocycles. The van der Waals surface area contributed by atoms with Crippen LogP contribution in [0.3, 0.4) is 0 Å². The van der Waals surface area contributed by atoms with Gasteiger partial charge in [0.05, 0.1) is 0 Å². The van der Waals surface area contributed by atoms with Gasteiger partial charge >= 0.3 is 5.97 Å². The van der Waals surface area contributed by atoms with Gasteiger partial charge in [0.2, 0.25) is 5.91 Å². The van der Waals surface area contributed by atoms with Crippen molar-refractivity contribution in [3.63, 3.8) is 0 Å². The van der Waals surface area contributed by atoms with E-state index in [1.807, 2.05) is 13.2 Å². The largest absolute Gasteiger partial charge is 0.480 e. The molecule has 88 valence electrons. The van der Waals surface area contributed by atoms with E-state index in [9.17, 15) is 9.59 Å². The second-order valence-electron chi connectivity index (χ2n) is 3.30. The van der Waals surface area contributed by atoms with Gasteiger partial charge < -0.3 is 10.0 Å². The standard InChI is InChI=1S/C9H17NO3S2/c1-6(15-14-4)5-8(11)10(3)7(2)9(12)13/h6-7H,5H2,1-4H3,(H,12,13)/t6?,7-/m0/s1. The molecule has 0 aromatic rings. The molecule has 0 saturated heterocycles. The van der Waals surface area contributed by atoms with Gasteiger partial charge in [0.25, 0.3) is 0 Å². The molecule has 0 radical (unpaired) electrons. The fraction of sp³-hybridized carbons (Fsp3) is 0.778. The fourth-order valence-electron chi connectivity index (χ4n) is 0.970. The summed E-state index contributed by atoms with van der Waals surface area (Å²) >= 11 is 0. The Balaban J connectivity index is 4.15. The van der Waals surface area contributed by atoms with Gasteiger partial charge in [-0.2, -0.15) is 0 Å². The van der Waals surface area contributed by atoms with Crippen molar-refractivity contribution >= 4 is 33.5 Å². The van der Waals surface area contributed by atoms with Crippen molar-refractivity contribution in [2.45, 2.75) is 31.6 Å². The van der Waals surface area contributed by atoms with Crippen LogP contribution in [0.5, 0.6) is 0 Å². The number of hydrogen-bond acceptors (Lipinski definition) is 4. The number of aliphatic carboxylic acids is 1. The van der Waals surface area contributed by atoms with E-state index in [1.165, 1.54) is 18.9 Å². The third kappa shape index (κ3) is 5.32. The Bertz CT molecular complexity index is 235. The lowest BCUT2D eigenvalue weighted by Crippen LogP contribution is -2.40. The normalized spacial score (nSPS) is 14.4. The van der Waals surface area contributed by atoms with Crippen LogP contribution in [0.1, 0.15) is 20.3 Å². The molecule has 0 spiro atoms. The van der Waals surface area contributed by atoms with Crippen LogP contribution < -0.4 is 0 Å². The van der Waals surface area contributed by atoms with Gasteiger partial charge in [0.15, 0.2) is 0 Å². The molecule has 0 saturated carbocycles. The number of carbonyl (C=O) groups excluding carboxylic acids is 1. The number of carboxylic acid groups (broad SMARTS) is 1. The maximum Gasteiger partial charge on any atom is 0.326 e. The van der Waals surface area contributed by atoms with Gasteiger partial charge in [-0.3, -0.25) is 4.79 Å². The van der Waals surface area contributed by atoms with E-state index in [0.717, 1.165) is 0 Å². The number of carbonyl (C=O) groups is 2. The van der Waals surface area contributed by atoms with E-state index in [0.29, 0.717) is 6.42 Å². The average Bonchev–Trinajstić information content (AvgIpc) is 2.15. The smallest absolute Gasteiger partial charge is 0.326 e. The fourth-order valence-corrected chi connectivity index (χ4v) is 2.70. The number of carboxylic acids is 1. The minimum absolute atomic E-state index is 0.126. The summed E-state index contributed by atoms with van der Waals surface area (Å²) in [5.74, 6) is -1.10. The predicted octanol–water partition coefficient (Wildman–Crippen LogP) is 1.71. The summed E-state index contributed by atoms with van der Waals surface area (Å²) in [4.78, 5) is 23.5. The molecule has 0 heterocycles. The molecule has 2 atom stereocenters. The van der Waals surface area contributed by atoms with Crippen molar-refractivity contribution in [3.05, 3.63) is 0 Å². The van der Waals surface area contributed by atoms with Crippen LogP contribution in [0.4, 0.5) is 0 Å². The van der Waals surface area contributed by atoms with E-state index >= 15 is 0 Å². The summed E-state index contributed by atoms with van der Waals surface area (Å²) in [5, 5.41) is 8.94. The number of nitrogens with zero attached hydrogens (tertiary/aromatic N) is 1. The van der Waals surface area contributed by atoms with Gasteiger partial charge in [-0.15, -0.1) is 0 Å². The predicted molar refractivity (Wildman–Crippen MR) is 65.1 cm³/mol. The van der Waals surface area contributed by atoms with Crippen molar-refractivity contribution in [2.24, 2.45) is 0 Å². The second-order valence-corrected chi connectivity index (χ2v) is 6.20. The number of hydrogen-bond donors (Lipinski definition) is 1. The van der Waals surface area contributed by atoms with E-state index in [1.54, 1.807) is 21.6 Å². The van der Waals surface area contributed by atoms with Crippen LogP contribution in [0.15, 0.2) is 0 Å². The minimum Gasteiger partial charge on any atom is -0.480 e. The van der Waals surface area contributed by atoms with Gasteiger partial charge in [0, 0.05) is 18.7 Å². The summed E-state index contributed by atoms with van der Waals surface area (Å²) in [5.41, 5.74) is 0. The Morgan fingerprint density at radius 3 is 2.33 bits per heavy atom. The molecule has 6 heteroatoms. The first-order valence-corrected chi connectivity index (χ1v) is 7.20. The van der Waals surface area contributed by atoms with Crippen molar-refractivity contribution < 1.29 is 14.7 Å². The zero-order valence-corrected chi connectivity index (χ0v) is 11.0. The zero-order chi connectivity index (χ0) is 12.0. The van der Waals surface area contributed by atoms with Crippen molar-refractivity contribution in [2.75, 3.05) is 13.3 Å². The topological polar surface area (TPSA) is 57.6 Å². The van der Waals surface area contributed by atoms with Crippen LogP contribution in [-0.4, -0.2) is 46.5 Å². The summed E-state index contributed by atoms with van der Waals surface area (Å²) in [6, 6.07) is -0.760. The molecule has 0 aliphatic rings.